The Labute approximate surface area is 186 Å². The molecule has 0 saturated carbocycles. The fraction of sp³-hybridized carbons (Fsp3) is 0.350. The van der Waals surface area contributed by atoms with Crippen LogP contribution in [0.4, 0.5) is 4.79 Å². The lowest BCUT2D eigenvalue weighted by atomic mass is 10.1. The van der Waals surface area contributed by atoms with Gasteiger partial charge in [-0.2, -0.15) is 8.42 Å². The lowest BCUT2D eigenvalue weighted by Gasteiger charge is -2.26. The van der Waals surface area contributed by atoms with E-state index in [1.165, 1.54) is 54.4 Å². The number of aliphatic hydroxyl groups excluding tert-OH is 1. The molecule has 10 heteroatoms. The van der Waals surface area contributed by atoms with Crippen molar-refractivity contribution >= 4 is 39.4 Å². The van der Waals surface area contributed by atoms with Crippen LogP contribution in [0.3, 0.4) is 0 Å². The maximum Gasteiger partial charge on any atom is 0.410 e. The van der Waals surface area contributed by atoms with Gasteiger partial charge in [0.05, 0.1) is 22.7 Å². The van der Waals surface area contributed by atoms with Crippen molar-refractivity contribution in [2.24, 2.45) is 0 Å². The topological polar surface area (TPSA) is 93.1 Å². The van der Waals surface area contributed by atoms with Crippen LogP contribution in [0.15, 0.2) is 47.4 Å². The van der Waals surface area contributed by atoms with Crippen LogP contribution in [-0.2, 0) is 14.9 Å². The molecule has 0 heterocycles. The minimum Gasteiger partial charge on any atom is -0.444 e. The first kappa shape index (κ1) is 24.3. The quantitative estimate of drug-likeness (QED) is 0.610. The van der Waals surface area contributed by atoms with Crippen molar-refractivity contribution in [2.75, 3.05) is 13.6 Å². The van der Waals surface area contributed by atoms with Gasteiger partial charge in [-0.15, -0.1) is 0 Å². The molecule has 0 aliphatic rings. The van der Waals surface area contributed by atoms with Gasteiger partial charge in [0.15, 0.2) is 0 Å². The summed E-state index contributed by atoms with van der Waals surface area (Å²) in [6.45, 7) is 5.24. The third-order valence-corrected chi connectivity index (χ3v) is 6.03. The van der Waals surface area contributed by atoms with E-state index in [4.69, 9.17) is 32.1 Å². The molecule has 2 rings (SSSR count). The third kappa shape index (κ3) is 6.50. The summed E-state index contributed by atoms with van der Waals surface area (Å²) < 4.78 is 35.2. The van der Waals surface area contributed by atoms with Crippen LogP contribution in [-0.4, -0.2) is 43.7 Å². The standard InChI is InChI=1S/C20H23Cl2NO6S/c1-20(2,3)28-19(25)23(4)12-16(24)13-8-10-14(11-9-13)29-30(26,27)17-7-5-6-15(21)18(17)22/h5-11,16,24H,12H2,1-4H3. The number of carbonyl (C=O) groups is 1. The highest BCUT2D eigenvalue weighted by molar-refractivity contribution is 7.87. The molecule has 1 N–H and O–H groups in total. The van der Waals surface area contributed by atoms with Gasteiger partial charge in [0, 0.05) is 7.05 Å². The number of hydrogen-bond acceptors (Lipinski definition) is 6. The highest BCUT2D eigenvalue weighted by Gasteiger charge is 2.23. The van der Waals surface area contributed by atoms with Crippen LogP contribution in [0, 0.1) is 0 Å². The number of hydrogen-bond donors (Lipinski definition) is 1. The zero-order chi connectivity index (χ0) is 22.7. The van der Waals surface area contributed by atoms with E-state index in [1.54, 1.807) is 20.8 Å². The first-order chi connectivity index (χ1) is 13.8. The molecule has 0 aliphatic heterocycles. The molecular formula is C20H23Cl2NO6S. The monoisotopic (exact) mass is 475 g/mol. The molecule has 0 spiro atoms. The van der Waals surface area contributed by atoms with Gasteiger partial charge in [-0.05, 0) is 50.6 Å². The first-order valence-corrected chi connectivity index (χ1v) is 11.1. The van der Waals surface area contributed by atoms with Crippen molar-refractivity contribution in [3.05, 3.63) is 58.1 Å². The Morgan fingerprint density at radius 2 is 1.73 bits per heavy atom. The lowest BCUT2D eigenvalue weighted by molar-refractivity contribution is 0.0205. The summed E-state index contributed by atoms with van der Waals surface area (Å²) in [6.07, 6.45) is -1.57. The van der Waals surface area contributed by atoms with E-state index in [1.807, 2.05) is 0 Å². The highest BCUT2D eigenvalue weighted by Crippen LogP contribution is 2.31. The van der Waals surface area contributed by atoms with Gasteiger partial charge in [0.1, 0.15) is 16.2 Å². The zero-order valence-corrected chi connectivity index (χ0v) is 19.3. The van der Waals surface area contributed by atoms with Crippen molar-refractivity contribution in [1.29, 1.82) is 0 Å². The smallest absolute Gasteiger partial charge is 0.410 e. The van der Waals surface area contributed by atoms with Crippen molar-refractivity contribution in [3.63, 3.8) is 0 Å². The van der Waals surface area contributed by atoms with Crippen LogP contribution < -0.4 is 4.18 Å². The number of rotatable bonds is 6. The SMILES string of the molecule is CN(CC(O)c1ccc(OS(=O)(=O)c2cccc(Cl)c2Cl)cc1)C(=O)OC(C)(C)C. The summed E-state index contributed by atoms with van der Waals surface area (Å²) in [5, 5.41) is 10.3. The lowest BCUT2D eigenvalue weighted by Crippen LogP contribution is -2.36. The molecule has 0 aromatic heterocycles. The average Bonchev–Trinajstić information content (AvgIpc) is 2.62. The molecule has 0 fully saturated rings. The fourth-order valence-electron chi connectivity index (χ4n) is 2.37. The Morgan fingerprint density at radius 1 is 1.13 bits per heavy atom. The van der Waals surface area contributed by atoms with Crippen molar-refractivity contribution in [2.45, 2.75) is 37.4 Å². The molecule has 1 atom stereocenters. The van der Waals surface area contributed by atoms with E-state index < -0.39 is 27.9 Å². The van der Waals surface area contributed by atoms with E-state index in [9.17, 15) is 18.3 Å². The molecule has 7 nitrogen and oxygen atoms in total. The Morgan fingerprint density at radius 3 is 2.30 bits per heavy atom. The third-order valence-electron chi connectivity index (χ3n) is 3.81. The first-order valence-electron chi connectivity index (χ1n) is 8.91. The number of aliphatic hydroxyl groups is 1. The van der Waals surface area contributed by atoms with Gasteiger partial charge in [0.2, 0.25) is 0 Å². The Hall–Kier alpha value is -2.00. The van der Waals surface area contributed by atoms with Gasteiger partial charge >= 0.3 is 16.2 Å². The maximum absolute atomic E-state index is 12.5. The summed E-state index contributed by atoms with van der Waals surface area (Å²) in [4.78, 5) is 13.0. The van der Waals surface area contributed by atoms with Crippen LogP contribution in [0.2, 0.25) is 10.0 Å². The Bertz CT molecular complexity index is 1000. The van der Waals surface area contributed by atoms with E-state index in [0.29, 0.717) is 5.56 Å². The molecule has 1 amide bonds. The molecule has 0 saturated heterocycles. The van der Waals surface area contributed by atoms with Gasteiger partial charge in [0.25, 0.3) is 0 Å². The number of ether oxygens (including phenoxy) is 1. The molecule has 2 aromatic rings. The average molecular weight is 476 g/mol. The van der Waals surface area contributed by atoms with E-state index >= 15 is 0 Å². The number of likely N-dealkylation sites (N-methyl/N-ethyl adjacent to an activating group) is 1. The highest BCUT2D eigenvalue weighted by atomic mass is 35.5. The zero-order valence-electron chi connectivity index (χ0n) is 16.9. The van der Waals surface area contributed by atoms with Crippen molar-refractivity contribution < 1.29 is 27.2 Å². The molecule has 1 unspecified atom stereocenters. The largest absolute Gasteiger partial charge is 0.444 e. The normalized spacial score (nSPS) is 12.9. The van der Waals surface area contributed by atoms with Crippen LogP contribution in [0.5, 0.6) is 5.75 Å². The number of carbonyl (C=O) groups excluding carboxylic acids is 1. The number of amides is 1. The predicted octanol–water partition coefficient (Wildman–Crippen LogP) is 4.66. The molecule has 0 aliphatic carbocycles. The molecule has 0 radical (unpaired) electrons. The summed E-state index contributed by atoms with van der Waals surface area (Å²) >= 11 is 11.8. The minimum atomic E-state index is -4.20. The van der Waals surface area contributed by atoms with E-state index in [-0.39, 0.29) is 27.2 Å². The van der Waals surface area contributed by atoms with Crippen molar-refractivity contribution in [3.8, 4) is 5.75 Å². The molecular weight excluding hydrogens is 453 g/mol. The number of halogens is 2. The van der Waals surface area contributed by atoms with E-state index in [0.717, 1.165) is 0 Å². The summed E-state index contributed by atoms with van der Waals surface area (Å²) in [5.74, 6) is 0.0301. The van der Waals surface area contributed by atoms with Gasteiger partial charge in [-0.1, -0.05) is 41.4 Å². The number of nitrogens with zero attached hydrogens (tertiary/aromatic N) is 1. The van der Waals surface area contributed by atoms with Gasteiger partial charge in [-0.3, -0.25) is 0 Å². The van der Waals surface area contributed by atoms with Crippen LogP contribution in [0.25, 0.3) is 0 Å². The molecule has 164 valence electrons. The van der Waals surface area contributed by atoms with E-state index in [2.05, 4.69) is 0 Å². The fourth-order valence-corrected chi connectivity index (χ4v) is 4.04. The Kier molecular flexibility index (Phi) is 7.63. The summed E-state index contributed by atoms with van der Waals surface area (Å²) in [7, 11) is -2.69. The maximum atomic E-state index is 12.5. The molecule has 30 heavy (non-hydrogen) atoms. The predicted molar refractivity (Wildman–Crippen MR) is 115 cm³/mol. The second-order valence-corrected chi connectivity index (χ2v) is 9.84. The second-order valence-electron chi connectivity index (χ2n) is 7.54. The molecule has 0 bridgehead atoms. The van der Waals surface area contributed by atoms with Gasteiger partial charge < -0.3 is 18.9 Å². The second kappa shape index (κ2) is 9.43. The minimum absolute atomic E-state index is 0.00839. The summed E-state index contributed by atoms with van der Waals surface area (Å²) in [5.41, 5.74) is -0.178. The molecule has 2 aromatic carbocycles. The Balaban J connectivity index is 2.07. The van der Waals surface area contributed by atoms with Crippen molar-refractivity contribution in [1.82, 2.24) is 4.90 Å². The summed E-state index contributed by atoms with van der Waals surface area (Å²) in [6, 6.07) is 9.98. The van der Waals surface area contributed by atoms with Crippen LogP contribution >= 0.6 is 23.2 Å². The number of benzene rings is 2. The van der Waals surface area contributed by atoms with Crippen LogP contribution in [0.1, 0.15) is 32.4 Å². The van der Waals surface area contributed by atoms with Gasteiger partial charge in [-0.25, -0.2) is 4.79 Å².